The second-order valence-corrected chi connectivity index (χ2v) is 5.77. The summed E-state index contributed by atoms with van der Waals surface area (Å²) in [4.78, 5) is 12.7. The molecule has 0 unspecified atom stereocenters. The second kappa shape index (κ2) is 9.62. The van der Waals surface area contributed by atoms with Crippen molar-refractivity contribution in [2.75, 3.05) is 13.1 Å². The van der Waals surface area contributed by atoms with Gasteiger partial charge in [-0.1, -0.05) is 18.5 Å². The van der Waals surface area contributed by atoms with Crippen molar-refractivity contribution < 1.29 is 4.79 Å². The minimum absolute atomic E-state index is 0. The fraction of sp³-hybridized carbons (Fsp3) is 0.583. The molecule has 18 heavy (non-hydrogen) atoms. The lowest BCUT2D eigenvalue weighted by Crippen LogP contribution is -2.38. The third-order valence-corrected chi connectivity index (χ3v) is 3.68. The Morgan fingerprint density at radius 2 is 2.22 bits per heavy atom. The van der Waals surface area contributed by atoms with E-state index in [-0.39, 0.29) is 18.3 Å². The van der Waals surface area contributed by atoms with Gasteiger partial charge in [-0.2, -0.15) is 0 Å². The van der Waals surface area contributed by atoms with E-state index >= 15 is 0 Å². The summed E-state index contributed by atoms with van der Waals surface area (Å²) in [5.41, 5.74) is 0. The topological polar surface area (TPSA) is 41.1 Å². The van der Waals surface area contributed by atoms with Crippen LogP contribution in [0.25, 0.3) is 0 Å². The number of carbonyl (C=O) groups is 1. The van der Waals surface area contributed by atoms with Crippen LogP contribution in [0.4, 0.5) is 0 Å². The number of likely N-dealkylation sites (N-methyl/N-ethyl adjacent to an activating group) is 1. The summed E-state index contributed by atoms with van der Waals surface area (Å²) < 4.78 is 0.779. The highest BCUT2D eigenvalue weighted by atomic mass is 35.5. The average molecular weight is 311 g/mol. The maximum absolute atomic E-state index is 11.6. The van der Waals surface area contributed by atoms with Crippen LogP contribution < -0.4 is 10.6 Å². The van der Waals surface area contributed by atoms with Crippen molar-refractivity contribution in [2.24, 2.45) is 0 Å². The number of hydrogen-bond acceptors (Lipinski definition) is 3. The Labute approximate surface area is 124 Å². The quantitative estimate of drug-likeness (QED) is 0.813. The van der Waals surface area contributed by atoms with Crippen LogP contribution in [0.15, 0.2) is 12.1 Å². The molecule has 3 nitrogen and oxygen atoms in total. The molecule has 1 aromatic rings. The van der Waals surface area contributed by atoms with Crippen LogP contribution in [0.5, 0.6) is 0 Å². The van der Waals surface area contributed by atoms with Crippen molar-refractivity contribution >= 4 is 41.3 Å². The molecule has 0 saturated carbocycles. The Balaban J connectivity index is 0.00000289. The maximum atomic E-state index is 11.6. The number of hydrogen-bond donors (Lipinski definition) is 2. The van der Waals surface area contributed by atoms with Gasteiger partial charge in [0.05, 0.1) is 4.34 Å². The Hall–Kier alpha value is -0.290. The summed E-state index contributed by atoms with van der Waals surface area (Å²) >= 11 is 7.36. The zero-order valence-corrected chi connectivity index (χ0v) is 13.1. The number of rotatable bonds is 7. The molecule has 0 spiro atoms. The van der Waals surface area contributed by atoms with Crippen molar-refractivity contribution in [1.29, 1.82) is 0 Å². The minimum Gasteiger partial charge on any atom is -0.355 e. The van der Waals surface area contributed by atoms with Gasteiger partial charge in [0.1, 0.15) is 0 Å². The molecule has 1 atom stereocenters. The molecule has 0 aliphatic heterocycles. The van der Waals surface area contributed by atoms with E-state index in [1.165, 1.54) is 11.3 Å². The smallest absolute Gasteiger partial charge is 0.220 e. The van der Waals surface area contributed by atoms with Gasteiger partial charge in [-0.3, -0.25) is 4.79 Å². The molecule has 0 aliphatic rings. The predicted octanol–water partition coefficient (Wildman–Crippen LogP) is 2.87. The minimum atomic E-state index is 0. The largest absolute Gasteiger partial charge is 0.355 e. The molecule has 0 bridgehead atoms. The van der Waals surface area contributed by atoms with Crippen LogP contribution in [-0.2, 0) is 11.2 Å². The number of nitrogens with one attached hydrogen (secondary N) is 2. The first-order chi connectivity index (χ1) is 8.11. The second-order valence-electron chi connectivity index (χ2n) is 3.97. The monoisotopic (exact) mass is 310 g/mol. The summed E-state index contributed by atoms with van der Waals surface area (Å²) in [6, 6.07) is 4.16. The molecule has 0 fully saturated rings. The molecular formula is C12H20Cl2N2OS. The third kappa shape index (κ3) is 7.21. The number of halogens is 2. The van der Waals surface area contributed by atoms with E-state index in [2.05, 4.69) is 24.5 Å². The molecule has 2 N–H and O–H groups in total. The first kappa shape index (κ1) is 17.7. The van der Waals surface area contributed by atoms with Gasteiger partial charge in [0.25, 0.3) is 0 Å². The van der Waals surface area contributed by atoms with Crippen molar-refractivity contribution in [3.05, 3.63) is 21.3 Å². The normalized spacial score (nSPS) is 11.7. The van der Waals surface area contributed by atoms with Gasteiger partial charge in [-0.05, 0) is 32.0 Å². The van der Waals surface area contributed by atoms with Crippen LogP contribution in [0.2, 0.25) is 4.34 Å². The van der Waals surface area contributed by atoms with E-state index in [1.807, 2.05) is 12.1 Å². The zero-order chi connectivity index (χ0) is 12.7. The van der Waals surface area contributed by atoms with Gasteiger partial charge >= 0.3 is 0 Å². The highest BCUT2D eigenvalue weighted by Gasteiger charge is 2.06. The Kier molecular flexibility index (Phi) is 9.46. The lowest BCUT2D eigenvalue weighted by Gasteiger charge is -2.12. The van der Waals surface area contributed by atoms with Crippen molar-refractivity contribution in [3.63, 3.8) is 0 Å². The molecular weight excluding hydrogens is 291 g/mol. The van der Waals surface area contributed by atoms with Gasteiger partial charge in [-0.15, -0.1) is 23.7 Å². The lowest BCUT2D eigenvalue weighted by molar-refractivity contribution is -0.121. The summed E-state index contributed by atoms with van der Waals surface area (Å²) in [7, 11) is 0. The molecule has 104 valence electrons. The first-order valence-electron chi connectivity index (χ1n) is 5.86. The standard InChI is InChI=1S/C12H19ClN2OS.ClH/c1-3-14-9(2)8-15-12(16)7-5-10-4-6-11(13)17-10;/h4,6,9,14H,3,5,7-8H2,1-2H3,(H,15,16);1H/t9-;/m1./s1. The van der Waals surface area contributed by atoms with E-state index in [9.17, 15) is 4.79 Å². The Morgan fingerprint density at radius 3 is 2.78 bits per heavy atom. The van der Waals surface area contributed by atoms with E-state index in [0.717, 1.165) is 22.2 Å². The van der Waals surface area contributed by atoms with Gasteiger partial charge in [-0.25, -0.2) is 0 Å². The van der Waals surface area contributed by atoms with Crippen LogP contribution in [0.1, 0.15) is 25.1 Å². The van der Waals surface area contributed by atoms with Crippen LogP contribution in [-0.4, -0.2) is 25.0 Å². The highest BCUT2D eigenvalue weighted by Crippen LogP contribution is 2.22. The zero-order valence-electron chi connectivity index (χ0n) is 10.7. The number of thiophene rings is 1. The van der Waals surface area contributed by atoms with E-state index in [0.29, 0.717) is 19.0 Å². The fourth-order valence-electron chi connectivity index (χ4n) is 1.50. The van der Waals surface area contributed by atoms with Crippen LogP contribution in [0, 0.1) is 0 Å². The lowest BCUT2D eigenvalue weighted by atomic mass is 10.2. The molecule has 0 aromatic carbocycles. The summed E-state index contributed by atoms with van der Waals surface area (Å²) in [6.45, 7) is 5.71. The van der Waals surface area contributed by atoms with Gasteiger partial charge in [0.15, 0.2) is 0 Å². The SMILES string of the molecule is CCN[C@H](C)CNC(=O)CCc1ccc(Cl)s1.Cl. The molecule has 1 amide bonds. The summed E-state index contributed by atoms with van der Waals surface area (Å²) in [5.74, 6) is 0.0966. The molecule has 0 aliphatic carbocycles. The number of aryl methyl sites for hydroxylation is 1. The van der Waals surface area contributed by atoms with Crippen molar-refractivity contribution in [3.8, 4) is 0 Å². The van der Waals surface area contributed by atoms with Crippen molar-refractivity contribution in [2.45, 2.75) is 32.7 Å². The molecule has 0 radical (unpaired) electrons. The number of amides is 1. The van der Waals surface area contributed by atoms with Crippen LogP contribution >= 0.6 is 35.3 Å². The Morgan fingerprint density at radius 1 is 1.50 bits per heavy atom. The first-order valence-corrected chi connectivity index (χ1v) is 7.05. The van der Waals surface area contributed by atoms with E-state index in [1.54, 1.807) is 0 Å². The summed E-state index contributed by atoms with van der Waals surface area (Å²) in [5, 5.41) is 6.16. The molecule has 1 rings (SSSR count). The Bertz CT molecular complexity index is 358. The summed E-state index contributed by atoms with van der Waals surface area (Å²) in [6.07, 6.45) is 1.29. The van der Waals surface area contributed by atoms with Gasteiger partial charge in [0, 0.05) is 23.9 Å². The number of carbonyl (C=O) groups excluding carboxylic acids is 1. The molecule has 1 aromatic heterocycles. The van der Waals surface area contributed by atoms with Crippen LogP contribution in [0.3, 0.4) is 0 Å². The maximum Gasteiger partial charge on any atom is 0.220 e. The third-order valence-electron chi connectivity index (χ3n) is 2.39. The van der Waals surface area contributed by atoms with E-state index < -0.39 is 0 Å². The molecule has 1 heterocycles. The average Bonchev–Trinajstić information content (AvgIpc) is 2.70. The van der Waals surface area contributed by atoms with E-state index in [4.69, 9.17) is 11.6 Å². The molecule has 6 heteroatoms. The highest BCUT2D eigenvalue weighted by molar-refractivity contribution is 7.16. The predicted molar refractivity (Wildman–Crippen MR) is 81.0 cm³/mol. The van der Waals surface area contributed by atoms with Crippen molar-refractivity contribution in [1.82, 2.24) is 10.6 Å². The van der Waals surface area contributed by atoms with Gasteiger partial charge < -0.3 is 10.6 Å². The van der Waals surface area contributed by atoms with Gasteiger partial charge in [0.2, 0.25) is 5.91 Å². The fourth-order valence-corrected chi connectivity index (χ4v) is 2.59. The molecule has 0 saturated heterocycles.